The SMILES string of the molecule is COc1cc(Br)c(CNCc2cn[nH]c2C)cc1OC. The minimum atomic E-state index is 0.716. The Bertz CT molecular complexity index is 584. The molecule has 0 fully saturated rings. The van der Waals surface area contributed by atoms with Crippen LogP contribution in [-0.2, 0) is 13.1 Å². The molecule has 0 spiro atoms. The number of ether oxygens (including phenoxy) is 2. The van der Waals surface area contributed by atoms with E-state index in [4.69, 9.17) is 9.47 Å². The van der Waals surface area contributed by atoms with E-state index in [9.17, 15) is 0 Å². The fraction of sp³-hybridized carbons (Fsp3) is 0.357. The number of H-pyrrole nitrogens is 1. The van der Waals surface area contributed by atoms with Crippen molar-refractivity contribution >= 4 is 15.9 Å². The Labute approximate surface area is 126 Å². The van der Waals surface area contributed by atoms with Crippen LogP contribution in [0.3, 0.4) is 0 Å². The zero-order chi connectivity index (χ0) is 14.5. The molecular formula is C14H18BrN3O2. The molecule has 0 aliphatic rings. The van der Waals surface area contributed by atoms with Crippen molar-refractivity contribution in [1.29, 1.82) is 0 Å². The van der Waals surface area contributed by atoms with Gasteiger partial charge in [-0.05, 0) is 24.6 Å². The number of aromatic amines is 1. The van der Waals surface area contributed by atoms with Crippen molar-refractivity contribution in [2.75, 3.05) is 14.2 Å². The molecule has 0 aliphatic heterocycles. The molecule has 5 nitrogen and oxygen atoms in total. The van der Waals surface area contributed by atoms with Crippen molar-refractivity contribution in [3.8, 4) is 11.5 Å². The highest BCUT2D eigenvalue weighted by molar-refractivity contribution is 9.10. The van der Waals surface area contributed by atoms with E-state index in [1.165, 1.54) is 5.56 Å². The first kappa shape index (κ1) is 14.9. The van der Waals surface area contributed by atoms with Crippen molar-refractivity contribution in [3.05, 3.63) is 39.6 Å². The molecule has 6 heteroatoms. The maximum atomic E-state index is 5.31. The second-order valence-electron chi connectivity index (χ2n) is 4.42. The van der Waals surface area contributed by atoms with Gasteiger partial charge in [0.1, 0.15) is 0 Å². The third-order valence-electron chi connectivity index (χ3n) is 3.12. The summed E-state index contributed by atoms with van der Waals surface area (Å²) in [7, 11) is 3.27. The Morgan fingerprint density at radius 3 is 2.40 bits per heavy atom. The molecule has 20 heavy (non-hydrogen) atoms. The molecule has 0 atom stereocenters. The van der Waals surface area contributed by atoms with Crippen LogP contribution in [0.2, 0.25) is 0 Å². The molecule has 2 N–H and O–H groups in total. The monoisotopic (exact) mass is 339 g/mol. The average molecular weight is 340 g/mol. The lowest BCUT2D eigenvalue weighted by molar-refractivity contribution is 0.354. The van der Waals surface area contributed by atoms with Crippen LogP contribution in [0, 0.1) is 6.92 Å². The Balaban J connectivity index is 2.04. The maximum absolute atomic E-state index is 5.31. The normalized spacial score (nSPS) is 10.6. The lowest BCUT2D eigenvalue weighted by Gasteiger charge is -2.12. The summed E-state index contributed by atoms with van der Waals surface area (Å²) in [5, 5.41) is 10.3. The first-order valence-corrected chi connectivity index (χ1v) is 7.05. The van der Waals surface area contributed by atoms with Gasteiger partial charge in [-0.1, -0.05) is 15.9 Å². The average Bonchev–Trinajstić information content (AvgIpc) is 2.85. The van der Waals surface area contributed by atoms with Gasteiger partial charge in [0.15, 0.2) is 11.5 Å². The minimum absolute atomic E-state index is 0.716. The molecule has 1 aromatic carbocycles. The number of hydrogen-bond donors (Lipinski definition) is 2. The van der Waals surface area contributed by atoms with E-state index in [1.807, 2.05) is 25.3 Å². The van der Waals surface area contributed by atoms with E-state index >= 15 is 0 Å². The number of methoxy groups -OCH3 is 2. The number of hydrogen-bond acceptors (Lipinski definition) is 4. The van der Waals surface area contributed by atoms with E-state index in [0.29, 0.717) is 5.75 Å². The van der Waals surface area contributed by atoms with Crippen molar-refractivity contribution in [1.82, 2.24) is 15.5 Å². The highest BCUT2D eigenvalue weighted by atomic mass is 79.9. The summed E-state index contributed by atoms with van der Waals surface area (Å²) >= 11 is 3.55. The number of halogens is 1. The molecule has 2 aromatic rings. The zero-order valence-electron chi connectivity index (χ0n) is 11.8. The molecular weight excluding hydrogens is 322 g/mol. The predicted octanol–water partition coefficient (Wildman–Crippen LogP) is 2.79. The Morgan fingerprint density at radius 2 is 1.80 bits per heavy atom. The molecule has 1 heterocycles. The number of benzene rings is 1. The van der Waals surface area contributed by atoms with Crippen LogP contribution in [0.1, 0.15) is 16.8 Å². The summed E-state index contributed by atoms with van der Waals surface area (Å²) in [4.78, 5) is 0. The molecule has 0 aliphatic carbocycles. The summed E-state index contributed by atoms with van der Waals surface area (Å²) in [6.45, 7) is 3.50. The molecule has 0 amide bonds. The van der Waals surface area contributed by atoms with E-state index in [0.717, 1.165) is 34.6 Å². The second-order valence-corrected chi connectivity index (χ2v) is 5.28. The fourth-order valence-corrected chi connectivity index (χ4v) is 2.38. The van der Waals surface area contributed by atoms with Crippen LogP contribution in [0.5, 0.6) is 11.5 Å². The van der Waals surface area contributed by atoms with Gasteiger partial charge in [0.25, 0.3) is 0 Å². The van der Waals surface area contributed by atoms with Gasteiger partial charge in [0.05, 0.1) is 20.4 Å². The zero-order valence-corrected chi connectivity index (χ0v) is 13.4. The Kier molecular flexibility index (Phi) is 5.03. The largest absolute Gasteiger partial charge is 0.493 e. The number of aryl methyl sites for hydroxylation is 1. The predicted molar refractivity (Wildman–Crippen MR) is 81.1 cm³/mol. The molecule has 0 saturated heterocycles. The molecule has 108 valence electrons. The Morgan fingerprint density at radius 1 is 1.15 bits per heavy atom. The van der Waals surface area contributed by atoms with E-state index in [2.05, 4.69) is 31.4 Å². The van der Waals surface area contributed by atoms with Crippen LogP contribution in [-0.4, -0.2) is 24.4 Å². The fourth-order valence-electron chi connectivity index (χ4n) is 1.92. The number of nitrogens with one attached hydrogen (secondary N) is 2. The molecule has 2 rings (SSSR count). The van der Waals surface area contributed by atoms with Crippen LogP contribution in [0.25, 0.3) is 0 Å². The summed E-state index contributed by atoms with van der Waals surface area (Å²) in [5.74, 6) is 1.45. The van der Waals surface area contributed by atoms with E-state index in [-0.39, 0.29) is 0 Å². The topological polar surface area (TPSA) is 59.2 Å². The van der Waals surface area contributed by atoms with Gasteiger partial charge in [-0.2, -0.15) is 5.10 Å². The van der Waals surface area contributed by atoms with Gasteiger partial charge in [-0.15, -0.1) is 0 Å². The molecule has 0 saturated carbocycles. The van der Waals surface area contributed by atoms with Crippen molar-refractivity contribution in [2.45, 2.75) is 20.0 Å². The summed E-state index contributed by atoms with van der Waals surface area (Å²) < 4.78 is 11.6. The lowest BCUT2D eigenvalue weighted by Crippen LogP contribution is -2.13. The first-order valence-electron chi connectivity index (χ1n) is 6.25. The van der Waals surface area contributed by atoms with Gasteiger partial charge in [-0.3, -0.25) is 5.10 Å². The standard InChI is InChI=1S/C14H18BrN3O2/c1-9-11(8-17-18-9)7-16-6-10-4-13(19-2)14(20-3)5-12(10)15/h4-5,8,16H,6-7H2,1-3H3,(H,17,18). The molecule has 0 unspecified atom stereocenters. The molecule has 0 bridgehead atoms. The van der Waals surface area contributed by atoms with Crippen LogP contribution in [0.15, 0.2) is 22.8 Å². The van der Waals surface area contributed by atoms with Crippen molar-refractivity contribution < 1.29 is 9.47 Å². The highest BCUT2D eigenvalue weighted by Gasteiger charge is 2.09. The molecule has 1 aromatic heterocycles. The smallest absolute Gasteiger partial charge is 0.161 e. The van der Waals surface area contributed by atoms with Crippen molar-refractivity contribution in [2.24, 2.45) is 0 Å². The second kappa shape index (κ2) is 6.76. The van der Waals surface area contributed by atoms with Crippen LogP contribution < -0.4 is 14.8 Å². The number of rotatable bonds is 6. The Hall–Kier alpha value is -1.53. The summed E-state index contributed by atoms with van der Waals surface area (Å²) in [6.07, 6.45) is 1.84. The van der Waals surface area contributed by atoms with Gasteiger partial charge in [0.2, 0.25) is 0 Å². The minimum Gasteiger partial charge on any atom is -0.493 e. The summed E-state index contributed by atoms with van der Waals surface area (Å²) in [5.41, 5.74) is 3.37. The lowest BCUT2D eigenvalue weighted by atomic mass is 10.2. The maximum Gasteiger partial charge on any atom is 0.161 e. The van der Waals surface area contributed by atoms with Gasteiger partial charge in [0, 0.05) is 28.8 Å². The summed E-state index contributed by atoms with van der Waals surface area (Å²) in [6, 6.07) is 3.89. The van der Waals surface area contributed by atoms with E-state index < -0.39 is 0 Å². The number of nitrogens with zero attached hydrogens (tertiary/aromatic N) is 1. The third-order valence-corrected chi connectivity index (χ3v) is 3.86. The van der Waals surface area contributed by atoms with Crippen LogP contribution in [0.4, 0.5) is 0 Å². The van der Waals surface area contributed by atoms with Crippen LogP contribution >= 0.6 is 15.9 Å². The van der Waals surface area contributed by atoms with Crippen molar-refractivity contribution in [3.63, 3.8) is 0 Å². The number of aromatic nitrogens is 2. The first-order chi connectivity index (χ1) is 9.65. The quantitative estimate of drug-likeness (QED) is 0.849. The highest BCUT2D eigenvalue weighted by Crippen LogP contribution is 2.33. The van der Waals surface area contributed by atoms with Gasteiger partial charge in [-0.25, -0.2) is 0 Å². The van der Waals surface area contributed by atoms with E-state index in [1.54, 1.807) is 14.2 Å². The van der Waals surface area contributed by atoms with Gasteiger partial charge < -0.3 is 14.8 Å². The third kappa shape index (κ3) is 3.32. The molecule has 0 radical (unpaired) electrons. The van der Waals surface area contributed by atoms with Gasteiger partial charge >= 0.3 is 0 Å².